The fraction of sp³-hybridized carbons (Fsp3) is 0.462. The van der Waals surface area contributed by atoms with Gasteiger partial charge in [0.15, 0.2) is 0 Å². The van der Waals surface area contributed by atoms with Crippen molar-refractivity contribution in [3.05, 3.63) is 35.9 Å². The second-order valence-electron chi connectivity index (χ2n) is 4.00. The Labute approximate surface area is 100 Å². The van der Waals surface area contributed by atoms with Crippen LogP contribution in [0.1, 0.15) is 24.5 Å². The van der Waals surface area contributed by atoms with E-state index in [-0.39, 0.29) is 6.10 Å². The number of methoxy groups -OCH3 is 2. The van der Waals surface area contributed by atoms with Gasteiger partial charge in [0.25, 0.3) is 5.79 Å². The van der Waals surface area contributed by atoms with Crippen LogP contribution in [0.4, 0.5) is 0 Å². The monoisotopic (exact) mass is 236 g/mol. The van der Waals surface area contributed by atoms with Crippen LogP contribution in [-0.2, 0) is 19.0 Å². The summed E-state index contributed by atoms with van der Waals surface area (Å²) < 4.78 is 15.7. The topological polar surface area (TPSA) is 44.8 Å². The van der Waals surface area contributed by atoms with Gasteiger partial charge in [-0.2, -0.15) is 0 Å². The molecule has 0 aromatic heterocycles. The van der Waals surface area contributed by atoms with Crippen molar-refractivity contribution in [1.82, 2.24) is 0 Å². The van der Waals surface area contributed by atoms with Gasteiger partial charge in [0.2, 0.25) is 0 Å². The maximum absolute atomic E-state index is 11.7. The van der Waals surface area contributed by atoms with Crippen molar-refractivity contribution < 1.29 is 19.0 Å². The van der Waals surface area contributed by atoms with Crippen molar-refractivity contribution in [3.8, 4) is 0 Å². The summed E-state index contributed by atoms with van der Waals surface area (Å²) in [6, 6.07) is 9.80. The Kier molecular flexibility index (Phi) is 3.45. The van der Waals surface area contributed by atoms with Crippen LogP contribution in [0.3, 0.4) is 0 Å². The van der Waals surface area contributed by atoms with Gasteiger partial charge in [0.05, 0.1) is 13.2 Å². The summed E-state index contributed by atoms with van der Waals surface area (Å²) in [6.45, 7) is 0. The van der Waals surface area contributed by atoms with Crippen molar-refractivity contribution >= 4 is 5.97 Å². The van der Waals surface area contributed by atoms with Crippen LogP contribution in [0.5, 0.6) is 0 Å². The van der Waals surface area contributed by atoms with E-state index in [1.165, 1.54) is 14.2 Å². The second-order valence-corrected chi connectivity index (χ2v) is 4.00. The van der Waals surface area contributed by atoms with Gasteiger partial charge in [0, 0.05) is 13.5 Å². The zero-order valence-electron chi connectivity index (χ0n) is 10.0. The molecule has 1 aromatic rings. The average molecular weight is 236 g/mol. The number of hydrogen-bond acceptors (Lipinski definition) is 4. The lowest BCUT2D eigenvalue weighted by molar-refractivity contribution is -0.231. The minimum atomic E-state index is -1.24. The normalized spacial score (nSPS) is 28.0. The molecule has 1 saturated heterocycles. The van der Waals surface area contributed by atoms with E-state index in [0.717, 1.165) is 12.0 Å². The molecule has 1 aliphatic rings. The van der Waals surface area contributed by atoms with E-state index in [1.807, 2.05) is 30.3 Å². The third-order valence-electron chi connectivity index (χ3n) is 3.07. The van der Waals surface area contributed by atoms with Crippen LogP contribution >= 0.6 is 0 Å². The first-order valence-corrected chi connectivity index (χ1v) is 5.58. The molecule has 1 aliphatic heterocycles. The lowest BCUT2D eigenvalue weighted by Crippen LogP contribution is -2.41. The molecular weight excluding hydrogens is 220 g/mol. The number of benzene rings is 1. The molecular formula is C13H16O4. The number of ether oxygens (including phenoxy) is 3. The van der Waals surface area contributed by atoms with Crippen LogP contribution in [0.25, 0.3) is 0 Å². The van der Waals surface area contributed by atoms with E-state index in [1.54, 1.807) is 0 Å². The van der Waals surface area contributed by atoms with Gasteiger partial charge in [-0.3, -0.25) is 0 Å². The highest BCUT2D eigenvalue weighted by Gasteiger charge is 2.48. The molecule has 1 aromatic carbocycles. The highest BCUT2D eigenvalue weighted by atomic mass is 16.7. The molecule has 92 valence electrons. The molecule has 0 aliphatic carbocycles. The average Bonchev–Trinajstić information content (AvgIpc) is 2.84. The molecule has 4 nitrogen and oxygen atoms in total. The highest BCUT2D eigenvalue weighted by molar-refractivity contribution is 5.78. The number of esters is 1. The van der Waals surface area contributed by atoms with Gasteiger partial charge in [-0.1, -0.05) is 30.3 Å². The molecule has 2 atom stereocenters. The van der Waals surface area contributed by atoms with Crippen LogP contribution in [0.2, 0.25) is 0 Å². The minimum absolute atomic E-state index is 0.116. The zero-order valence-corrected chi connectivity index (χ0v) is 10.0. The van der Waals surface area contributed by atoms with E-state index >= 15 is 0 Å². The van der Waals surface area contributed by atoms with Crippen LogP contribution in [0.15, 0.2) is 30.3 Å². The summed E-state index contributed by atoms with van der Waals surface area (Å²) in [5.74, 6) is -1.71. The predicted molar refractivity (Wildman–Crippen MR) is 61.3 cm³/mol. The molecule has 2 unspecified atom stereocenters. The molecule has 2 rings (SSSR count). The summed E-state index contributed by atoms with van der Waals surface area (Å²) >= 11 is 0. The molecule has 1 heterocycles. The van der Waals surface area contributed by atoms with Crippen molar-refractivity contribution in [2.45, 2.75) is 24.7 Å². The highest BCUT2D eigenvalue weighted by Crippen LogP contribution is 2.40. The fourth-order valence-electron chi connectivity index (χ4n) is 2.11. The van der Waals surface area contributed by atoms with Gasteiger partial charge >= 0.3 is 5.97 Å². The van der Waals surface area contributed by atoms with Crippen LogP contribution in [-0.4, -0.2) is 26.0 Å². The van der Waals surface area contributed by atoms with Gasteiger partial charge in [-0.05, 0) is 12.0 Å². The van der Waals surface area contributed by atoms with Crippen molar-refractivity contribution in [1.29, 1.82) is 0 Å². The molecule has 17 heavy (non-hydrogen) atoms. The van der Waals surface area contributed by atoms with Gasteiger partial charge in [0.1, 0.15) is 0 Å². The first kappa shape index (κ1) is 12.1. The first-order chi connectivity index (χ1) is 8.22. The molecule has 1 fully saturated rings. The van der Waals surface area contributed by atoms with E-state index in [0.29, 0.717) is 6.42 Å². The smallest absolute Gasteiger partial charge is 0.366 e. The van der Waals surface area contributed by atoms with Crippen LogP contribution < -0.4 is 0 Å². The third kappa shape index (κ3) is 2.18. The van der Waals surface area contributed by atoms with E-state index in [4.69, 9.17) is 14.2 Å². The Balaban J connectivity index is 2.16. The number of hydrogen-bond donors (Lipinski definition) is 0. The quantitative estimate of drug-likeness (QED) is 0.753. The number of carbonyl (C=O) groups is 1. The SMILES string of the molecule is COC(=O)C1(OC)CCC(c2ccccc2)O1. The van der Waals surface area contributed by atoms with Gasteiger partial charge in [-0.15, -0.1) is 0 Å². The van der Waals surface area contributed by atoms with E-state index in [2.05, 4.69) is 0 Å². The Hall–Kier alpha value is -1.39. The predicted octanol–water partition coefficient (Wildman–Crippen LogP) is 2.05. The molecule has 0 saturated carbocycles. The molecule has 0 amide bonds. The summed E-state index contributed by atoms with van der Waals surface area (Å²) in [4.78, 5) is 11.7. The standard InChI is InChI=1S/C13H16O4/c1-15-12(14)13(16-2)9-8-11(17-13)10-6-4-3-5-7-10/h3-7,11H,8-9H2,1-2H3. The summed E-state index contributed by atoms with van der Waals surface area (Å²) in [7, 11) is 2.80. The van der Waals surface area contributed by atoms with Crippen LogP contribution in [0, 0.1) is 0 Å². The Morgan fingerprint density at radius 2 is 2.06 bits per heavy atom. The van der Waals surface area contributed by atoms with E-state index < -0.39 is 11.8 Å². The van der Waals surface area contributed by atoms with E-state index in [9.17, 15) is 4.79 Å². The van der Waals surface area contributed by atoms with Crippen molar-refractivity contribution in [2.24, 2.45) is 0 Å². The molecule has 4 heteroatoms. The largest absolute Gasteiger partial charge is 0.465 e. The maximum atomic E-state index is 11.7. The van der Waals surface area contributed by atoms with Gasteiger partial charge in [-0.25, -0.2) is 4.79 Å². The Morgan fingerprint density at radius 3 is 2.65 bits per heavy atom. The third-order valence-corrected chi connectivity index (χ3v) is 3.07. The zero-order chi connectivity index (χ0) is 12.3. The molecule has 0 bridgehead atoms. The maximum Gasteiger partial charge on any atom is 0.366 e. The lowest BCUT2D eigenvalue weighted by atomic mass is 10.1. The first-order valence-electron chi connectivity index (χ1n) is 5.58. The molecule has 0 N–H and O–H groups in total. The Morgan fingerprint density at radius 1 is 1.35 bits per heavy atom. The number of carbonyl (C=O) groups excluding carboxylic acids is 1. The summed E-state index contributed by atoms with van der Waals surface area (Å²) in [5.41, 5.74) is 1.05. The summed E-state index contributed by atoms with van der Waals surface area (Å²) in [5, 5.41) is 0. The van der Waals surface area contributed by atoms with Crippen molar-refractivity contribution in [2.75, 3.05) is 14.2 Å². The molecule has 0 spiro atoms. The molecule has 0 radical (unpaired) electrons. The Bertz CT molecular complexity index is 390. The second kappa shape index (κ2) is 4.85. The minimum Gasteiger partial charge on any atom is -0.465 e. The number of rotatable bonds is 3. The summed E-state index contributed by atoms with van der Waals surface area (Å²) in [6.07, 6.45) is 1.14. The van der Waals surface area contributed by atoms with Gasteiger partial charge < -0.3 is 14.2 Å². The fourth-order valence-corrected chi connectivity index (χ4v) is 2.11. The lowest BCUT2D eigenvalue weighted by Gasteiger charge is -2.24. The van der Waals surface area contributed by atoms with Crippen molar-refractivity contribution in [3.63, 3.8) is 0 Å².